The van der Waals surface area contributed by atoms with Crippen LogP contribution in [0.5, 0.6) is 0 Å². The SMILES string of the molecule is Nc1cccc(Cl)c1Sc1ccc(F)cc1F. The van der Waals surface area contributed by atoms with Crippen molar-refractivity contribution < 1.29 is 8.78 Å². The summed E-state index contributed by atoms with van der Waals surface area (Å²) in [6, 6.07) is 8.44. The van der Waals surface area contributed by atoms with Gasteiger partial charge < -0.3 is 5.73 Å². The van der Waals surface area contributed by atoms with Crippen LogP contribution in [-0.2, 0) is 0 Å². The van der Waals surface area contributed by atoms with Crippen LogP contribution < -0.4 is 5.73 Å². The zero-order chi connectivity index (χ0) is 12.4. The van der Waals surface area contributed by atoms with E-state index in [1.165, 1.54) is 12.1 Å². The van der Waals surface area contributed by atoms with E-state index in [2.05, 4.69) is 0 Å². The lowest BCUT2D eigenvalue weighted by atomic mass is 10.3. The Bertz CT molecular complexity index is 540. The van der Waals surface area contributed by atoms with Gasteiger partial charge in [-0.15, -0.1) is 0 Å². The van der Waals surface area contributed by atoms with Crippen molar-refractivity contribution in [3.8, 4) is 0 Å². The second-order valence-electron chi connectivity index (χ2n) is 3.33. The van der Waals surface area contributed by atoms with Crippen LogP contribution in [0.3, 0.4) is 0 Å². The lowest BCUT2D eigenvalue weighted by Crippen LogP contribution is -1.90. The molecule has 0 amide bonds. The molecular formula is C12H8ClF2NS. The van der Waals surface area contributed by atoms with Crippen LogP contribution in [0.25, 0.3) is 0 Å². The van der Waals surface area contributed by atoms with Gasteiger partial charge in [-0.2, -0.15) is 0 Å². The van der Waals surface area contributed by atoms with Gasteiger partial charge in [0, 0.05) is 16.6 Å². The van der Waals surface area contributed by atoms with Crippen molar-refractivity contribution in [2.45, 2.75) is 9.79 Å². The normalized spacial score (nSPS) is 10.5. The highest BCUT2D eigenvalue weighted by atomic mass is 35.5. The van der Waals surface area contributed by atoms with Crippen molar-refractivity contribution in [1.29, 1.82) is 0 Å². The quantitative estimate of drug-likeness (QED) is 0.822. The summed E-state index contributed by atoms with van der Waals surface area (Å²) in [7, 11) is 0. The van der Waals surface area contributed by atoms with Gasteiger partial charge in [0.1, 0.15) is 11.6 Å². The zero-order valence-electron chi connectivity index (χ0n) is 8.58. The van der Waals surface area contributed by atoms with Gasteiger partial charge in [-0.1, -0.05) is 29.4 Å². The molecule has 0 atom stereocenters. The molecule has 0 aliphatic heterocycles. The topological polar surface area (TPSA) is 26.0 Å². The summed E-state index contributed by atoms with van der Waals surface area (Å²) >= 11 is 7.04. The molecule has 1 nitrogen and oxygen atoms in total. The monoisotopic (exact) mass is 271 g/mol. The standard InChI is InChI=1S/C12H8ClF2NS/c13-8-2-1-3-10(16)12(8)17-11-5-4-7(14)6-9(11)15/h1-6H,16H2. The van der Waals surface area contributed by atoms with Gasteiger partial charge in [-0.05, 0) is 24.3 Å². The van der Waals surface area contributed by atoms with Crippen LogP contribution in [0.2, 0.25) is 5.02 Å². The van der Waals surface area contributed by atoms with E-state index >= 15 is 0 Å². The Morgan fingerprint density at radius 1 is 1.12 bits per heavy atom. The molecule has 2 rings (SSSR count). The molecule has 0 bridgehead atoms. The summed E-state index contributed by atoms with van der Waals surface area (Å²) in [5.74, 6) is -1.24. The van der Waals surface area contributed by atoms with Gasteiger partial charge in [-0.25, -0.2) is 8.78 Å². The number of hydrogen-bond acceptors (Lipinski definition) is 2. The molecule has 17 heavy (non-hydrogen) atoms. The van der Waals surface area contributed by atoms with E-state index in [4.69, 9.17) is 17.3 Å². The summed E-state index contributed by atoms with van der Waals surface area (Å²) in [5.41, 5.74) is 6.21. The minimum absolute atomic E-state index is 0.284. The van der Waals surface area contributed by atoms with E-state index in [1.54, 1.807) is 18.2 Å². The number of nitrogen functional groups attached to an aromatic ring is 1. The van der Waals surface area contributed by atoms with Crippen molar-refractivity contribution in [2.75, 3.05) is 5.73 Å². The van der Waals surface area contributed by atoms with E-state index in [9.17, 15) is 8.78 Å². The maximum absolute atomic E-state index is 13.5. The molecular weight excluding hydrogens is 264 g/mol. The highest BCUT2D eigenvalue weighted by Gasteiger charge is 2.10. The fraction of sp³-hybridized carbons (Fsp3) is 0. The lowest BCUT2D eigenvalue weighted by Gasteiger charge is -2.08. The average molecular weight is 272 g/mol. The van der Waals surface area contributed by atoms with Crippen LogP contribution in [0.1, 0.15) is 0 Å². The van der Waals surface area contributed by atoms with Crippen molar-refractivity contribution in [3.63, 3.8) is 0 Å². The molecule has 2 aromatic rings. The Kier molecular flexibility index (Phi) is 3.54. The summed E-state index contributed by atoms with van der Waals surface area (Å²) in [5, 5.41) is 0.443. The molecule has 0 aliphatic rings. The fourth-order valence-corrected chi connectivity index (χ4v) is 2.46. The minimum atomic E-state index is -0.630. The Labute approximate surface area is 107 Å². The first-order valence-corrected chi connectivity index (χ1v) is 5.94. The molecule has 88 valence electrons. The van der Waals surface area contributed by atoms with Crippen molar-refractivity contribution in [2.24, 2.45) is 0 Å². The zero-order valence-corrected chi connectivity index (χ0v) is 10.2. The fourth-order valence-electron chi connectivity index (χ4n) is 1.30. The highest BCUT2D eigenvalue weighted by Crippen LogP contribution is 2.38. The van der Waals surface area contributed by atoms with Gasteiger partial charge in [0.15, 0.2) is 0 Å². The van der Waals surface area contributed by atoms with Gasteiger partial charge in [0.25, 0.3) is 0 Å². The first-order chi connectivity index (χ1) is 8.08. The molecule has 0 spiro atoms. The van der Waals surface area contributed by atoms with E-state index in [-0.39, 0.29) is 4.90 Å². The van der Waals surface area contributed by atoms with E-state index < -0.39 is 11.6 Å². The lowest BCUT2D eigenvalue weighted by molar-refractivity contribution is 0.566. The second kappa shape index (κ2) is 4.94. The van der Waals surface area contributed by atoms with Crippen LogP contribution in [0.4, 0.5) is 14.5 Å². The summed E-state index contributed by atoms with van der Waals surface area (Å²) in [6.45, 7) is 0. The Morgan fingerprint density at radius 3 is 2.53 bits per heavy atom. The first kappa shape index (κ1) is 12.2. The summed E-state index contributed by atoms with van der Waals surface area (Å²) in [6.07, 6.45) is 0. The number of rotatable bonds is 2. The molecule has 0 aromatic heterocycles. The highest BCUT2D eigenvalue weighted by molar-refractivity contribution is 7.99. The number of nitrogens with two attached hydrogens (primary N) is 1. The maximum Gasteiger partial charge on any atom is 0.140 e. The number of benzene rings is 2. The Hall–Kier alpha value is -1.26. The molecule has 0 radical (unpaired) electrons. The molecule has 2 N–H and O–H groups in total. The number of anilines is 1. The third-order valence-corrected chi connectivity index (χ3v) is 3.74. The van der Waals surface area contributed by atoms with Crippen molar-refractivity contribution in [1.82, 2.24) is 0 Å². The van der Waals surface area contributed by atoms with E-state index in [1.807, 2.05) is 0 Å². The second-order valence-corrected chi connectivity index (χ2v) is 4.79. The first-order valence-electron chi connectivity index (χ1n) is 4.75. The third kappa shape index (κ3) is 2.70. The third-order valence-electron chi connectivity index (χ3n) is 2.10. The van der Waals surface area contributed by atoms with Crippen LogP contribution >= 0.6 is 23.4 Å². The average Bonchev–Trinajstić information content (AvgIpc) is 2.26. The van der Waals surface area contributed by atoms with Gasteiger partial charge in [0.05, 0.1) is 9.92 Å². The van der Waals surface area contributed by atoms with Crippen molar-refractivity contribution >= 4 is 29.1 Å². The number of halogens is 3. The molecule has 5 heteroatoms. The van der Waals surface area contributed by atoms with Gasteiger partial charge in [-0.3, -0.25) is 0 Å². The van der Waals surface area contributed by atoms with Crippen LogP contribution in [-0.4, -0.2) is 0 Å². The smallest absolute Gasteiger partial charge is 0.140 e. The van der Waals surface area contributed by atoms with E-state index in [0.717, 1.165) is 17.8 Å². The Balaban J connectivity index is 2.38. The summed E-state index contributed by atoms with van der Waals surface area (Å²) in [4.78, 5) is 0.853. The van der Waals surface area contributed by atoms with Crippen LogP contribution in [0.15, 0.2) is 46.2 Å². The largest absolute Gasteiger partial charge is 0.398 e. The number of hydrogen-bond donors (Lipinski definition) is 1. The van der Waals surface area contributed by atoms with Gasteiger partial charge >= 0.3 is 0 Å². The Morgan fingerprint density at radius 2 is 1.88 bits per heavy atom. The molecule has 2 aromatic carbocycles. The van der Waals surface area contributed by atoms with Crippen molar-refractivity contribution in [3.05, 3.63) is 53.1 Å². The minimum Gasteiger partial charge on any atom is -0.398 e. The van der Waals surface area contributed by atoms with Gasteiger partial charge in [0.2, 0.25) is 0 Å². The predicted molar refractivity (Wildman–Crippen MR) is 66.3 cm³/mol. The summed E-state index contributed by atoms with van der Waals surface area (Å²) < 4.78 is 26.2. The molecule has 0 fully saturated rings. The molecule has 0 saturated heterocycles. The molecule has 0 unspecified atom stereocenters. The van der Waals surface area contributed by atoms with Crippen LogP contribution in [0, 0.1) is 11.6 Å². The molecule has 0 saturated carbocycles. The predicted octanol–water partition coefficient (Wildman–Crippen LogP) is 4.35. The van der Waals surface area contributed by atoms with E-state index in [0.29, 0.717) is 15.6 Å². The maximum atomic E-state index is 13.5. The molecule has 0 heterocycles. The molecule has 0 aliphatic carbocycles.